The molecule has 0 bridgehead atoms. The third kappa shape index (κ3) is 3.83. The van der Waals surface area contributed by atoms with Crippen molar-refractivity contribution in [2.75, 3.05) is 36.4 Å². The Kier molecular flexibility index (Phi) is 5.02. The molecule has 0 aliphatic carbocycles. The van der Waals surface area contributed by atoms with Crippen LogP contribution in [-0.4, -0.2) is 51.5 Å². The van der Waals surface area contributed by atoms with Crippen LogP contribution in [0.15, 0.2) is 60.4 Å². The second-order valence-corrected chi connectivity index (χ2v) is 8.09. The van der Waals surface area contributed by atoms with E-state index in [1.807, 2.05) is 24.7 Å². The number of pyridine rings is 1. The molecule has 2 amide bonds. The molecule has 0 radical (unpaired) electrons. The lowest BCUT2D eigenvalue weighted by Gasteiger charge is -2.36. The number of aromatic nitrogens is 3. The summed E-state index contributed by atoms with van der Waals surface area (Å²) in [6.07, 6.45) is 9.03. The van der Waals surface area contributed by atoms with Crippen molar-refractivity contribution in [1.82, 2.24) is 19.3 Å². The van der Waals surface area contributed by atoms with Gasteiger partial charge in [-0.25, -0.2) is 14.8 Å². The number of benzene rings is 1. The summed E-state index contributed by atoms with van der Waals surface area (Å²) in [5.74, 6) is 2.99. The zero-order valence-corrected chi connectivity index (χ0v) is 17.5. The predicted molar refractivity (Wildman–Crippen MR) is 123 cm³/mol. The van der Waals surface area contributed by atoms with Gasteiger partial charge in [0.15, 0.2) is 5.01 Å². The quantitative estimate of drug-likeness (QED) is 0.504. The summed E-state index contributed by atoms with van der Waals surface area (Å²) in [7, 11) is 0. The Bertz CT molecular complexity index is 1260. The molecule has 7 nitrogen and oxygen atoms in total. The minimum atomic E-state index is -0.141. The number of terminal acetylenes is 1. The molecule has 0 spiro atoms. The van der Waals surface area contributed by atoms with Crippen molar-refractivity contribution in [3.05, 3.63) is 65.4 Å². The summed E-state index contributed by atoms with van der Waals surface area (Å²) in [5, 5.41) is 5.15. The average molecular weight is 429 g/mol. The molecule has 31 heavy (non-hydrogen) atoms. The number of thiazole rings is 1. The number of nitrogens with one attached hydrogen (secondary N) is 1. The maximum atomic E-state index is 12.5. The molecule has 0 unspecified atom stereocenters. The summed E-state index contributed by atoms with van der Waals surface area (Å²) in [6, 6.07) is 14.6. The largest absolute Gasteiger partial charge is 0.368 e. The zero-order chi connectivity index (χ0) is 21.2. The lowest BCUT2D eigenvalue weighted by molar-refractivity contribution is 0.208. The predicted octanol–water partition coefficient (Wildman–Crippen LogP) is 3.79. The van der Waals surface area contributed by atoms with E-state index >= 15 is 0 Å². The lowest BCUT2D eigenvalue weighted by Crippen LogP contribution is -2.50. The van der Waals surface area contributed by atoms with Crippen LogP contribution in [0.3, 0.4) is 0 Å². The molecule has 154 valence electrons. The Labute approximate surface area is 184 Å². The highest BCUT2D eigenvalue weighted by Crippen LogP contribution is 2.25. The Morgan fingerprint density at radius 3 is 2.65 bits per heavy atom. The summed E-state index contributed by atoms with van der Waals surface area (Å²) in [5.41, 5.74) is 4.47. The number of urea groups is 1. The summed E-state index contributed by atoms with van der Waals surface area (Å²) >= 11 is 1.34. The van der Waals surface area contributed by atoms with Gasteiger partial charge in [-0.1, -0.05) is 18.2 Å². The van der Waals surface area contributed by atoms with Gasteiger partial charge in [0.05, 0.1) is 23.7 Å². The van der Waals surface area contributed by atoms with Crippen LogP contribution in [0.5, 0.6) is 0 Å². The number of carbonyl (C=O) groups is 1. The summed E-state index contributed by atoms with van der Waals surface area (Å²) in [6.45, 7) is 2.84. The molecule has 1 aliphatic heterocycles. The van der Waals surface area contributed by atoms with Gasteiger partial charge in [-0.05, 0) is 35.7 Å². The van der Waals surface area contributed by atoms with Gasteiger partial charge in [0, 0.05) is 37.2 Å². The Morgan fingerprint density at radius 1 is 1.10 bits per heavy atom. The van der Waals surface area contributed by atoms with Gasteiger partial charge >= 0.3 is 6.03 Å². The Hall–Kier alpha value is -3.83. The van der Waals surface area contributed by atoms with Crippen molar-refractivity contribution in [3.63, 3.8) is 0 Å². The van der Waals surface area contributed by atoms with E-state index in [0.29, 0.717) is 23.9 Å². The standard InChI is InChI=1S/C23H20N6OS/c1-2-22-25-21(15-31-22)26-23(30)28-12-10-27(11-13-28)18-8-6-17(7-9-18)20-5-3-4-19-14-24-16-29(19)20/h1,3-9,14-16H,10-13H2,(H,26,30). The average Bonchev–Trinajstić information content (AvgIpc) is 3.48. The van der Waals surface area contributed by atoms with E-state index in [1.54, 1.807) is 10.3 Å². The summed E-state index contributed by atoms with van der Waals surface area (Å²) < 4.78 is 2.08. The van der Waals surface area contributed by atoms with E-state index < -0.39 is 0 Å². The van der Waals surface area contributed by atoms with Gasteiger partial charge in [-0.15, -0.1) is 17.8 Å². The smallest absolute Gasteiger partial charge is 0.323 e. The highest BCUT2D eigenvalue weighted by atomic mass is 32.1. The Morgan fingerprint density at radius 2 is 1.90 bits per heavy atom. The molecule has 4 heterocycles. The van der Waals surface area contributed by atoms with Crippen LogP contribution < -0.4 is 10.2 Å². The van der Waals surface area contributed by atoms with E-state index in [9.17, 15) is 4.79 Å². The van der Waals surface area contributed by atoms with Gasteiger partial charge in [-0.2, -0.15) is 0 Å². The van der Waals surface area contributed by atoms with Crippen LogP contribution in [-0.2, 0) is 0 Å². The minimum Gasteiger partial charge on any atom is -0.368 e. The lowest BCUT2D eigenvalue weighted by atomic mass is 10.1. The molecule has 5 rings (SSSR count). The molecule has 0 atom stereocenters. The zero-order valence-electron chi connectivity index (χ0n) is 16.7. The van der Waals surface area contributed by atoms with Crippen LogP contribution in [0.25, 0.3) is 16.8 Å². The molecule has 1 saturated heterocycles. The van der Waals surface area contributed by atoms with Crippen LogP contribution in [0.2, 0.25) is 0 Å². The number of fused-ring (bicyclic) bond motifs is 1. The number of carbonyl (C=O) groups excluding carboxylic acids is 1. The normalized spacial score (nSPS) is 13.9. The van der Waals surface area contributed by atoms with Gasteiger partial charge in [-0.3, -0.25) is 9.72 Å². The van der Waals surface area contributed by atoms with Gasteiger partial charge in [0.25, 0.3) is 0 Å². The van der Waals surface area contributed by atoms with E-state index in [-0.39, 0.29) is 6.03 Å². The number of piperazine rings is 1. The fourth-order valence-electron chi connectivity index (χ4n) is 3.78. The number of anilines is 2. The number of hydrogen-bond donors (Lipinski definition) is 1. The van der Waals surface area contributed by atoms with Crippen molar-refractivity contribution in [2.24, 2.45) is 0 Å². The number of hydrogen-bond acceptors (Lipinski definition) is 5. The maximum Gasteiger partial charge on any atom is 0.323 e. The van der Waals surface area contributed by atoms with Crippen LogP contribution >= 0.6 is 11.3 Å². The first-order valence-corrected chi connectivity index (χ1v) is 10.8. The second kappa shape index (κ2) is 8.13. The monoisotopic (exact) mass is 428 g/mol. The first-order valence-electron chi connectivity index (χ1n) is 9.96. The van der Waals surface area contributed by atoms with Crippen molar-refractivity contribution in [2.45, 2.75) is 0 Å². The van der Waals surface area contributed by atoms with Gasteiger partial charge < -0.3 is 9.80 Å². The van der Waals surface area contributed by atoms with E-state index in [0.717, 1.165) is 35.6 Å². The van der Waals surface area contributed by atoms with E-state index in [2.05, 4.69) is 60.8 Å². The molecule has 8 heteroatoms. The molecule has 1 aliphatic rings. The van der Waals surface area contributed by atoms with Crippen molar-refractivity contribution < 1.29 is 4.79 Å². The molecule has 0 saturated carbocycles. The molecule has 1 aromatic carbocycles. The second-order valence-electron chi connectivity index (χ2n) is 7.23. The SMILES string of the molecule is C#Cc1nc(NC(=O)N2CCN(c3ccc(-c4cccc5cncn45)cc3)CC2)cs1. The van der Waals surface area contributed by atoms with Crippen molar-refractivity contribution >= 4 is 34.4 Å². The van der Waals surface area contributed by atoms with Crippen molar-refractivity contribution in [1.29, 1.82) is 0 Å². The van der Waals surface area contributed by atoms with Gasteiger partial charge in [0.2, 0.25) is 0 Å². The molecular weight excluding hydrogens is 408 g/mol. The van der Waals surface area contributed by atoms with Crippen LogP contribution in [0, 0.1) is 12.3 Å². The van der Waals surface area contributed by atoms with E-state index in [4.69, 9.17) is 6.42 Å². The molecular formula is C23H20N6OS. The van der Waals surface area contributed by atoms with Crippen LogP contribution in [0.4, 0.5) is 16.3 Å². The molecule has 1 N–H and O–H groups in total. The minimum absolute atomic E-state index is 0.141. The first kappa shape index (κ1) is 19.2. The van der Waals surface area contributed by atoms with E-state index in [1.165, 1.54) is 11.3 Å². The summed E-state index contributed by atoms with van der Waals surface area (Å²) in [4.78, 5) is 25.0. The number of amides is 2. The molecule has 3 aromatic heterocycles. The molecule has 4 aromatic rings. The topological polar surface area (TPSA) is 65.8 Å². The number of rotatable bonds is 3. The van der Waals surface area contributed by atoms with Gasteiger partial charge in [0.1, 0.15) is 5.82 Å². The third-order valence-corrected chi connectivity index (χ3v) is 6.18. The highest BCUT2D eigenvalue weighted by molar-refractivity contribution is 7.10. The number of nitrogens with zero attached hydrogens (tertiary/aromatic N) is 5. The van der Waals surface area contributed by atoms with Crippen molar-refractivity contribution in [3.8, 4) is 23.6 Å². The first-order chi connectivity index (χ1) is 15.2. The fraction of sp³-hybridized carbons (Fsp3) is 0.174. The number of imidazole rings is 1. The fourth-order valence-corrected chi connectivity index (χ4v) is 4.33. The van der Waals surface area contributed by atoms with Crippen LogP contribution in [0.1, 0.15) is 5.01 Å². The third-order valence-electron chi connectivity index (χ3n) is 5.41. The Balaban J connectivity index is 1.22. The molecule has 1 fully saturated rings. The maximum absolute atomic E-state index is 12.5. The highest BCUT2D eigenvalue weighted by Gasteiger charge is 2.22.